The Kier molecular flexibility index (Phi) is 4.05. The van der Waals surface area contributed by atoms with E-state index in [0.717, 1.165) is 17.0 Å². The van der Waals surface area contributed by atoms with Crippen molar-refractivity contribution in [3.63, 3.8) is 0 Å². The molecule has 0 aliphatic heterocycles. The second-order valence-electron chi connectivity index (χ2n) is 5.17. The van der Waals surface area contributed by atoms with E-state index in [0.29, 0.717) is 12.5 Å². The lowest BCUT2D eigenvalue weighted by Gasteiger charge is -2.03. The molecule has 1 fully saturated rings. The van der Waals surface area contributed by atoms with Crippen molar-refractivity contribution < 1.29 is 4.79 Å². The van der Waals surface area contributed by atoms with Crippen LogP contribution in [0.25, 0.3) is 6.08 Å². The summed E-state index contributed by atoms with van der Waals surface area (Å²) in [6, 6.07) is 11.7. The van der Waals surface area contributed by atoms with Crippen LogP contribution in [0.4, 0.5) is 0 Å². The minimum absolute atomic E-state index is 0.120. The van der Waals surface area contributed by atoms with Crippen molar-refractivity contribution in [3.8, 4) is 0 Å². The Morgan fingerprint density at radius 2 is 2.05 bits per heavy atom. The summed E-state index contributed by atoms with van der Waals surface area (Å²) in [5, 5.41) is 2.84. The number of hydrogen-bond acceptors (Lipinski definition) is 3. The molecule has 1 aromatic heterocycles. The van der Waals surface area contributed by atoms with E-state index >= 15 is 0 Å². The molecule has 2 aromatic rings. The molecule has 1 aliphatic carbocycles. The number of hydrogen-bond donors (Lipinski definition) is 1. The van der Waals surface area contributed by atoms with E-state index in [-0.39, 0.29) is 5.91 Å². The van der Waals surface area contributed by atoms with Crippen molar-refractivity contribution in [2.24, 2.45) is 0 Å². The highest BCUT2D eigenvalue weighted by Crippen LogP contribution is 2.38. The molecule has 1 saturated carbocycles. The van der Waals surface area contributed by atoms with Crippen LogP contribution in [0.2, 0.25) is 0 Å². The maximum Gasteiger partial charge on any atom is 0.244 e. The Hall–Kier alpha value is -2.49. The maximum absolute atomic E-state index is 11.8. The van der Waals surface area contributed by atoms with E-state index in [4.69, 9.17) is 0 Å². The van der Waals surface area contributed by atoms with Gasteiger partial charge in [0.05, 0.1) is 12.2 Å². The van der Waals surface area contributed by atoms with Crippen molar-refractivity contribution in [2.75, 3.05) is 0 Å². The normalized spacial score (nSPS) is 14.3. The van der Waals surface area contributed by atoms with Crippen molar-refractivity contribution in [1.82, 2.24) is 15.3 Å². The Balaban J connectivity index is 1.53. The lowest BCUT2D eigenvalue weighted by molar-refractivity contribution is -0.116. The van der Waals surface area contributed by atoms with Gasteiger partial charge in [-0.25, -0.2) is 9.97 Å². The predicted octanol–water partition coefficient (Wildman–Crippen LogP) is 2.68. The van der Waals surface area contributed by atoms with Gasteiger partial charge in [-0.2, -0.15) is 0 Å². The zero-order valence-electron chi connectivity index (χ0n) is 11.7. The number of amides is 1. The smallest absolute Gasteiger partial charge is 0.244 e. The summed E-state index contributed by atoms with van der Waals surface area (Å²) in [6.45, 7) is 0.431. The molecule has 0 bridgehead atoms. The summed E-state index contributed by atoms with van der Waals surface area (Å²) in [5.41, 5.74) is 2.95. The van der Waals surface area contributed by atoms with Gasteiger partial charge in [-0.3, -0.25) is 4.79 Å². The molecule has 1 aromatic carbocycles. The monoisotopic (exact) mass is 279 g/mol. The first-order chi connectivity index (χ1) is 10.3. The van der Waals surface area contributed by atoms with Crippen LogP contribution in [0.15, 0.2) is 48.8 Å². The van der Waals surface area contributed by atoms with Crippen LogP contribution in [0.1, 0.15) is 35.7 Å². The summed E-state index contributed by atoms with van der Waals surface area (Å²) >= 11 is 0. The lowest BCUT2D eigenvalue weighted by Crippen LogP contribution is -2.21. The molecule has 0 unspecified atom stereocenters. The fraction of sp³-hybridized carbons (Fsp3) is 0.235. The number of benzene rings is 1. The molecule has 106 valence electrons. The summed E-state index contributed by atoms with van der Waals surface area (Å²) in [5.74, 6) is 0.478. The molecule has 4 heteroatoms. The summed E-state index contributed by atoms with van der Waals surface area (Å²) in [4.78, 5) is 20.2. The SMILES string of the molecule is O=C(/C=C/c1ccccc1)NCc1cc(C2CC2)ncn1. The summed E-state index contributed by atoms with van der Waals surface area (Å²) in [6.07, 6.45) is 7.34. The maximum atomic E-state index is 11.8. The molecular formula is C17H17N3O. The molecule has 4 nitrogen and oxygen atoms in total. The van der Waals surface area contributed by atoms with Crippen molar-refractivity contribution in [2.45, 2.75) is 25.3 Å². The van der Waals surface area contributed by atoms with E-state index in [9.17, 15) is 4.79 Å². The van der Waals surface area contributed by atoms with Crippen LogP contribution in [0, 0.1) is 0 Å². The van der Waals surface area contributed by atoms with Gasteiger partial charge >= 0.3 is 0 Å². The average molecular weight is 279 g/mol. The minimum atomic E-state index is -0.120. The third-order valence-electron chi connectivity index (χ3n) is 3.41. The second kappa shape index (κ2) is 6.31. The van der Waals surface area contributed by atoms with Crippen molar-refractivity contribution >= 4 is 12.0 Å². The first kappa shape index (κ1) is 13.5. The highest BCUT2D eigenvalue weighted by molar-refractivity contribution is 5.91. The van der Waals surface area contributed by atoms with Crippen molar-refractivity contribution in [1.29, 1.82) is 0 Å². The molecular weight excluding hydrogens is 262 g/mol. The van der Waals surface area contributed by atoms with E-state index in [2.05, 4.69) is 15.3 Å². The number of carbonyl (C=O) groups excluding carboxylic acids is 1. The molecule has 3 rings (SSSR count). The molecule has 1 amide bonds. The molecule has 1 heterocycles. The van der Waals surface area contributed by atoms with Gasteiger partial charge in [0.2, 0.25) is 5.91 Å². The lowest BCUT2D eigenvalue weighted by atomic mass is 10.2. The summed E-state index contributed by atoms with van der Waals surface area (Å²) in [7, 11) is 0. The van der Waals surface area contributed by atoms with Gasteiger partial charge in [0, 0.05) is 17.7 Å². The van der Waals surface area contributed by atoms with E-state index < -0.39 is 0 Å². The van der Waals surface area contributed by atoms with Gasteiger partial charge in [0.25, 0.3) is 0 Å². The van der Waals surface area contributed by atoms with Crippen LogP contribution in [-0.4, -0.2) is 15.9 Å². The Labute approximate surface area is 123 Å². The van der Waals surface area contributed by atoms with Crippen LogP contribution < -0.4 is 5.32 Å². The number of nitrogens with zero attached hydrogens (tertiary/aromatic N) is 2. The average Bonchev–Trinajstić information content (AvgIpc) is 3.37. The first-order valence-corrected chi connectivity index (χ1v) is 7.13. The molecule has 0 radical (unpaired) electrons. The number of nitrogens with one attached hydrogen (secondary N) is 1. The molecule has 0 spiro atoms. The molecule has 0 atom stereocenters. The Morgan fingerprint density at radius 1 is 1.24 bits per heavy atom. The molecule has 1 aliphatic rings. The molecule has 21 heavy (non-hydrogen) atoms. The fourth-order valence-corrected chi connectivity index (χ4v) is 2.09. The van der Waals surface area contributed by atoms with Crippen LogP contribution >= 0.6 is 0 Å². The van der Waals surface area contributed by atoms with Gasteiger partial charge in [-0.05, 0) is 30.5 Å². The number of rotatable bonds is 5. The second-order valence-corrected chi connectivity index (χ2v) is 5.17. The van der Waals surface area contributed by atoms with Gasteiger partial charge < -0.3 is 5.32 Å². The van der Waals surface area contributed by atoms with Crippen molar-refractivity contribution in [3.05, 3.63) is 65.8 Å². The van der Waals surface area contributed by atoms with Gasteiger partial charge in [0.15, 0.2) is 0 Å². The standard InChI is InChI=1S/C17H17N3O/c21-17(9-6-13-4-2-1-3-5-13)18-11-15-10-16(14-7-8-14)20-12-19-15/h1-6,9-10,12,14H,7-8,11H2,(H,18,21)/b9-6+. The van der Waals surface area contributed by atoms with E-state index in [1.165, 1.54) is 12.8 Å². The van der Waals surface area contributed by atoms with Crippen LogP contribution in [0.5, 0.6) is 0 Å². The fourth-order valence-electron chi connectivity index (χ4n) is 2.09. The number of carbonyl (C=O) groups is 1. The quantitative estimate of drug-likeness (QED) is 0.856. The third-order valence-corrected chi connectivity index (χ3v) is 3.41. The zero-order chi connectivity index (χ0) is 14.5. The molecule has 0 saturated heterocycles. The molecule has 1 N–H and O–H groups in total. The largest absolute Gasteiger partial charge is 0.347 e. The topological polar surface area (TPSA) is 54.9 Å². The highest BCUT2D eigenvalue weighted by atomic mass is 16.1. The van der Waals surface area contributed by atoms with Gasteiger partial charge in [-0.15, -0.1) is 0 Å². The number of aromatic nitrogens is 2. The zero-order valence-corrected chi connectivity index (χ0v) is 11.7. The van der Waals surface area contributed by atoms with Crippen LogP contribution in [-0.2, 0) is 11.3 Å². The van der Waals surface area contributed by atoms with Crippen LogP contribution in [0.3, 0.4) is 0 Å². The van der Waals surface area contributed by atoms with Gasteiger partial charge in [-0.1, -0.05) is 30.3 Å². The Morgan fingerprint density at radius 3 is 2.81 bits per heavy atom. The predicted molar refractivity (Wildman–Crippen MR) is 81.3 cm³/mol. The first-order valence-electron chi connectivity index (χ1n) is 7.13. The highest BCUT2D eigenvalue weighted by Gasteiger charge is 2.25. The van der Waals surface area contributed by atoms with Gasteiger partial charge in [0.1, 0.15) is 6.33 Å². The minimum Gasteiger partial charge on any atom is -0.347 e. The van der Waals surface area contributed by atoms with E-state index in [1.807, 2.05) is 36.4 Å². The summed E-state index contributed by atoms with van der Waals surface area (Å²) < 4.78 is 0. The third kappa shape index (κ3) is 3.99. The van der Waals surface area contributed by atoms with E-state index in [1.54, 1.807) is 18.5 Å². The Bertz CT molecular complexity index is 648.